The number of likely N-dealkylation sites (N-methyl/N-ethyl adjacent to an activating group) is 1. The number of esters is 1. The summed E-state index contributed by atoms with van der Waals surface area (Å²) in [5, 5.41) is 3.10. The predicted octanol–water partition coefficient (Wildman–Crippen LogP) is 0.419. The number of hydrogen-bond acceptors (Lipinski definition) is 6. The number of piperazine rings is 1. The van der Waals surface area contributed by atoms with Gasteiger partial charge in [-0.2, -0.15) is 0 Å². The molecule has 2 amide bonds. The van der Waals surface area contributed by atoms with E-state index in [9.17, 15) is 18.8 Å². The summed E-state index contributed by atoms with van der Waals surface area (Å²) >= 11 is 0. The Morgan fingerprint density at radius 1 is 1.25 bits per heavy atom. The van der Waals surface area contributed by atoms with Crippen molar-refractivity contribution in [2.45, 2.75) is 6.04 Å². The first kappa shape index (κ1) is 19.7. The third-order valence-electron chi connectivity index (χ3n) is 4.66. The van der Waals surface area contributed by atoms with Gasteiger partial charge in [0.15, 0.2) is 0 Å². The van der Waals surface area contributed by atoms with Crippen molar-refractivity contribution in [1.29, 1.82) is 0 Å². The topological polar surface area (TPSA) is 91.8 Å². The molecule has 1 aromatic heterocycles. The Labute approximate surface area is 161 Å². The van der Waals surface area contributed by atoms with Crippen LogP contribution in [0, 0.1) is 5.82 Å². The van der Waals surface area contributed by atoms with Gasteiger partial charge in [0.1, 0.15) is 17.6 Å². The summed E-state index contributed by atoms with van der Waals surface area (Å²) in [4.78, 5) is 44.4. The van der Waals surface area contributed by atoms with E-state index in [1.165, 1.54) is 36.3 Å². The average Bonchev–Trinajstić information content (AvgIpc) is 2.70. The summed E-state index contributed by atoms with van der Waals surface area (Å²) in [7, 11) is 3.13. The van der Waals surface area contributed by atoms with Crippen LogP contribution in [0.5, 0.6) is 0 Å². The van der Waals surface area contributed by atoms with E-state index in [0.717, 1.165) is 0 Å². The molecule has 1 fully saturated rings. The second-order valence-corrected chi connectivity index (χ2v) is 6.60. The molecule has 1 aliphatic rings. The molecule has 2 aromatic rings. The number of nitrogens with zero attached hydrogens (tertiary/aromatic N) is 3. The molecule has 0 radical (unpaired) electrons. The summed E-state index contributed by atoms with van der Waals surface area (Å²) in [6, 6.07) is 6.43. The summed E-state index contributed by atoms with van der Waals surface area (Å²) in [5.41, 5.74) is 0.597. The van der Waals surface area contributed by atoms with E-state index >= 15 is 0 Å². The summed E-state index contributed by atoms with van der Waals surface area (Å²) in [6.45, 7) is 1.09. The number of hydrogen-bond donors (Lipinski definition) is 1. The number of halogens is 1. The Bertz CT molecular complexity index is 920. The molecule has 1 atom stereocenters. The van der Waals surface area contributed by atoms with Crippen LogP contribution in [0.3, 0.4) is 0 Å². The van der Waals surface area contributed by atoms with Crippen LogP contribution in [0.1, 0.15) is 10.5 Å². The molecule has 2 heterocycles. The Hall–Kier alpha value is -3.07. The zero-order chi connectivity index (χ0) is 20.3. The first-order chi connectivity index (χ1) is 13.4. The number of rotatable bonds is 4. The lowest BCUT2D eigenvalue weighted by Crippen LogP contribution is -2.59. The highest BCUT2D eigenvalue weighted by Gasteiger charge is 2.34. The minimum Gasteiger partial charge on any atom is -0.467 e. The van der Waals surface area contributed by atoms with E-state index in [4.69, 9.17) is 4.74 Å². The molecule has 0 bridgehead atoms. The van der Waals surface area contributed by atoms with Crippen LogP contribution in [-0.2, 0) is 14.3 Å². The Balaban J connectivity index is 1.65. The van der Waals surface area contributed by atoms with Gasteiger partial charge in [-0.3, -0.25) is 9.59 Å². The second kappa shape index (κ2) is 8.30. The largest absolute Gasteiger partial charge is 0.467 e. The molecule has 0 aliphatic carbocycles. The SMILES string of the molecule is COC(=O)[C@@H]1CN(C)CCN1C(=O)CNC(=O)c1ccc2cc(F)ccc2n1. The molecule has 1 N–H and O–H groups in total. The van der Waals surface area contributed by atoms with Crippen LogP contribution in [-0.4, -0.2) is 78.9 Å². The van der Waals surface area contributed by atoms with Gasteiger partial charge in [-0.05, 0) is 31.3 Å². The number of amides is 2. The molecule has 0 spiro atoms. The number of fused-ring (bicyclic) bond motifs is 1. The average molecular weight is 388 g/mol. The lowest BCUT2D eigenvalue weighted by atomic mass is 10.1. The van der Waals surface area contributed by atoms with E-state index < -0.39 is 17.9 Å². The molecule has 9 heteroatoms. The molecule has 1 aromatic carbocycles. The van der Waals surface area contributed by atoms with Gasteiger partial charge in [-0.25, -0.2) is 14.2 Å². The summed E-state index contributed by atoms with van der Waals surface area (Å²) in [6.07, 6.45) is 0. The Kier molecular flexibility index (Phi) is 5.84. The Morgan fingerprint density at radius 3 is 2.79 bits per heavy atom. The zero-order valence-electron chi connectivity index (χ0n) is 15.6. The molecule has 1 aliphatic heterocycles. The lowest BCUT2D eigenvalue weighted by Gasteiger charge is -2.38. The van der Waals surface area contributed by atoms with Gasteiger partial charge < -0.3 is 19.9 Å². The monoisotopic (exact) mass is 388 g/mol. The van der Waals surface area contributed by atoms with Gasteiger partial charge in [0, 0.05) is 25.0 Å². The third kappa shape index (κ3) is 4.25. The summed E-state index contributed by atoms with van der Waals surface area (Å²) < 4.78 is 18.0. The minimum absolute atomic E-state index is 0.120. The van der Waals surface area contributed by atoms with Crippen molar-refractivity contribution < 1.29 is 23.5 Å². The van der Waals surface area contributed by atoms with Crippen molar-refractivity contribution in [1.82, 2.24) is 20.1 Å². The molecule has 28 heavy (non-hydrogen) atoms. The smallest absolute Gasteiger partial charge is 0.329 e. The van der Waals surface area contributed by atoms with E-state index in [0.29, 0.717) is 30.5 Å². The van der Waals surface area contributed by atoms with Crippen molar-refractivity contribution in [2.24, 2.45) is 0 Å². The number of methoxy groups -OCH3 is 1. The first-order valence-corrected chi connectivity index (χ1v) is 8.79. The highest BCUT2D eigenvalue weighted by atomic mass is 19.1. The van der Waals surface area contributed by atoms with Gasteiger partial charge in [0.2, 0.25) is 5.91 Å². The fraction of sp³-hybridized carbons (Fsp3) is 0.368. The van der Waals surface area contributed by atoms with Crippen molar-refractivity contribution in [3.05, 3.63) is 41.8 Å². The third-order valence-corrected chi connectivity index (χ3v) is 4.66. The van der Waals surface area contributed by atoms with Crippen LogP contribution in [0.2, 0.25) is 0 Å². The highest BCUT2D eigenvalue weighted by Crippen LogP contribution is 2.14. The van der Waals surface area contributed by atoms with Crippen LogP contribution in [0.4, 0.5) is 4.39 Å². The van der Waals surface area contributed by atoms with Crippen LogP contribution < -0.4 is 5.32 Å². The fourth-order valence-electron chi connectivity index (χ4n) is 3.13. The maximum absolute atomic E-state index is 13.2. The van der Waals surface area contributed by atoms with Crippen molar-refractivity contribution >= 4 is 28.7 Å². The van der Waals surface area contributed by atoms with Gasteiger partial charge in [0.25, 0.3) is 5.91 Å². The number of ether oxygens (including phenoxy) is 1. The fourth-order valence-corrected chi connectivity index (χ4v) is 3.13. The Morgan fingerprint density at radius 2 is 2.04 bits per heavy atom. The number of carbonyl (C=O) groups is 3. The highest BCUT2D eigenvalue weighted by molar-refractivity contribution is 5.97. The van der Waals surface area contributed by atoms with E-state index in [-0.39, 0.29) is 24.0 Å². The minimum atomic E-state index is -0.707. The lowest BCUT2D eigenvalue weighted by molar-refractivity contribution is -0.155. The van der Waals surface area contributed by atoms with Crippen molar-refractivity contribution in [3.8, 4) is 0 Å². The second-order valence-electron chi connectivity index (χ2n) is 6.60. The number of nitrogens with one attached hydrogen (secondary N) is 1. The molecular formula is C19H21FN4O4. The first-order valence-electron chi connectivity index (χ1n) is 8.79. The van der Waals surface area contributed by atoms with Gasteiger partial charge in [-0.15, -0.1) is 0 Å². The normalized spacial score (nSPS) is 17.4. The van der Waals surface area contributed by atoms with Crippen LogP contribution >= 0.6 is 0 Å². The summed E-state index contributed by atoms with van der Waals surface area (Å²) in [5.74, 6) is -1.78. The number of carbonyl (C=O) groups excluding carboxylic acids is 3. The van der Waals surface area contributed by atoms with Gasteiger partial charge in [0.05, 0.1) is 19.2 Å². The van der Waals surface area contributed by atoms with Crippen molar-refractivity contribution in [2.75, 3.05) is 40.3 Å². The maximum Gasteiger partial charge on any atom is 0.329 e. The number of benzene rings is 1. The van der Waals surface area contributed by atoms with E-state index in [2.05, 4.69) is 10.3 Å². The van der Waals surface area contributed by atoms with Gasteiger partial charge in [-0.1, -0.05) is 6.07 Å². The van der Waals surface area contributed by atoms with Crippen molar-refractivity contribution in [3.63, 3.8) is 0 Å². The standard InChI is InChI=1S/C19H21FN4O4/c1-23-7-8-24(16(11-23)19(27)28-2)17(25)10-21-18(26)15-5-3-12-9-13(20)4-6-14(12)22-15/h3-6,9,16H,7-8,10-11H2,1-2H3,(H,21,26)/t16-/m0/s1. The molecule has 0 unspecified atom stereocenters. The van der Waals surface area contributed by atoms with Crippen LogP contribution in [0.25, 0.3) is 10.9 Å². The van der Waals surface area contributed by atoms with E-state index in [1.54, 1.807) is 6.07 Å². The van der Waals surface area contributed by atoms with Crippen LogP contribution in [0.15, 0.2) is 30.3 Å². The molecular weight excluding hydrogens is 367 g/mol. The zero-order valence-corrected chi connectivity index (χ0v) is 15.6. The number of pyridine rings is 1. The molecule has 3 rings (SSSR count). The van der Waals surface area contributed by atoms with Gasteiger partial charge >= 0.3 is 5.97 Å². The molecule has 0 saturated carbocycles. The molecule has 8 nitrogen and oxygen atoms in total. The molecule has 148 valence electrons. The molecule has 1 saturated heterocycles. The predicted molar refractivity (Wildman–Crippen MR) is 99.0 cm³/mol. The van der Waals surface area contributed by atoms with E-state index in [1.807, 2.05) is 11.9 Å². The maximum atomic E-state index is 13.2. The number of aromatic nitrogens is 1. The quantitative estimate of drug-likeness (QED) is 0.764.